The summed E-state index contributed by atoms with van der Waals surface area (Å²) in [6.07, 6.45) is 10.2. The van der Waals surface area contributed by atoms with E-state index < -0.39 is 0 Å². The van der Waals surface area contributed by atoms with E-state index in [2.05, 4.69) is 28.4 Å². The van der Waals surface area contributed by atoms with Gasteiger partial charge in [-0.3, -0.25) is 4.79 Å². The first-order chi connectivity index (χ1) is 13.0. The first kappa shape index (κ1) is 17.8. The van der Waals surface area contributed by atoms with Crippen LogP contribution < -0.4 is 0 Å². The molecule has 0 bridgehead atoms. The SMILES string of the molecule is Cc1cccn2c(CC(=O)N3CCC[C@@H](c4nccn4C(C)C)C3)cnc12. The van der Waals surface area contributed by atoms with Crippen LogP contribution in [-0.4, -0.2) is 42.8 Å². The van der Waals surface area contributed by atoms with E-state index >= 15 is 0 Å². The minimum atomic E-state index is 0.172. The Hall–Kier alpha value is -2.63. The lowest BCUT2D eigenvalue weighted by Crippen LogP contribution is -2.40. The van der Waals surface area contributed by atoms with Crippen LogP contribution >= 0.6 is 0 Å². The molecule has 0 spiro atoms. The number of hydrogen-bond donors (Lipinski definition) is 0. The van der Waals surface area contributed by atoms with Gasteiger partial charge in [-0.1, -0.05) is 6.07 Å². The molecular weight excluding hydrogens is 338 g/mol. The van der Waals surface area contributed by atoms with Gasteiger partial charge in [0, 0.05) is 49.8 Å². The Labute approximate surface area is 159 Å². The van der Waals surface area contributed by atoms with Crippen molar-refractivity contribution in [3.63, 3.8) is 0 Å². The number of likely N-dealkylation sites (tertiary alicyclic amines) is 1. The van der Waals surface area contributed by atoms with E-state index in [9.17, 15) is 4.79 Å². The van der Waals surface area contributed by atoms with Crippen LogP contribution in [0.25, 0.3) is 5.65 Å². The predicted molar refractivity (Wildman–Crippen MR) is 105 cm³/mol. The van der Waals surface area contributed by atoms with E-state index in [1.807, 2.05) is 53.1 Å². The van der Waals surface area contributed by atoms with Crippen molar-refractivity contribution in [3.05, 3.63) is 54.0 Å². The van der Waals surface area contributed by atoms with E-state index in [4.69, 9.17) is 0 Å². The van der Waals surface area contributed by atoms with Crippen molar-refractivity contribution >= 4 is 11.6 Å². The number of carbonyl (C=O) groups excluding carboxylic acids is 1. The molecule has 0 aromatic carbocycles. The van der Waals surface area contributed by atoms with Crippen LogP contribution in [0, 0.1) is 6.92 Å². The molecule has 4 rings (SSSR count). The van der Waals surface area contributed by atoms with Crippen molar-refractivity contribution in [2.24, 2.45) is 0 Å². The van der Waals surface area contributed by atoms with Gasteiger partial charge in [0.25, 0.3) is 0 Å². The number of hydrogen-bond acceptors (Lipinski definition) is 3. The summed E-state index contributed by atoms with van der Waals surface area (Å²) in [6.45, 7) is 7.96. The third kappa shape index (κ3) is 3.36. The molecule has 1 amide bonds. The van der Waals surface area contributed by atoms with E-state index in [0.717, 1.165) is 48.7 Å². The molecule has 0 aliphatic carbocycles. The lowest BCUT2D eigenvalue weighted by molar-refractivity contribution is -0.131. The van der Waals surface area contributed by atoms with Gasteiger partial charge < -0.3 is 13.9 Å². The van der Waals surface area contributed by atoms with Crippen molar-refractivity contribution in [1.29, 1.82) is 0 Å². The van der Waals surface area contributed by atoms with Gasteiger partial charge in [0.05, 0.1) is 12.1 Å². The molecule has 4 heterocycles. The molecule has 1 fully saturated rings. The standard InChI is InChI=1S/C21H27N5O/c1-15(2)25-11-8-22-21(25)17-7-5-9-24(14-17)19(27)12-18-13-23-20-16(3)6-4-10-26(18)20/h4,6,8,10-11,13,15,17H,5,7,9,12,14H2,1-3H3/t17-/m1/s1. The number of pyridine rings is 1. The molecule has 27 heavy (non-hydrogen) atoms. The van der Waals surface area contributed by atoms with Crippen molar-refractivity contribution < 1.29 is 4.79 Å². The number of imidazole rings is 2. The van der Waals surface area contributed by atoms with Crippen LogP contribution in [0.15, 0.2) is 36.9 Å². The summed E-state index contributed by atoms with van der Waals surface area (Å²) in [4.78, 5) is 24.1. The quantitative estimate of drug-likeness (QED) is 0.712. The topological polar surface area (TPSA) is 55.4 Å². The number of nitrogens with zero attached hydrogens (tertiary/aromatic N) is 5. The fourth-order valence-corrected chi connectivity index (χ4v) is 4.09. The van der Waals surface area contributed by atoms with Crippen molar-refractivity contribution in [3.8, 4) is 0 Å². The Kier molecular flexibility index (Phi) is 4.72. The second-order valence-corrected chi connectivity index (χ2v) is 7.78. The summed E-state index contributed by atoms with van der Waals surface area (Å²) in [5, 5.41) is 0. The van der Waals surface area contributed by atoms with Gasteiger partial charge in [-0.15, -0.1) is 0 Å². The van der Waals surface area contributed by atoms with Gasteiger partial charge in [-0.2, -0.15) is 0 Å². The molecule has 1 atom stereocenters. The average Bonchev–Trinajstić information content (AvgIpc) is 3.30. The van der Waals surface area contributed by atoms with Gasteiger partial charge in [0.15, 0.2) is 0 Å². The van der Waals surface area contributed by atoms with Gasteiger partial charge in [-0.25, -0.2) is 9.97 Å². The summed E-state index contributed by atoms with van der Waals surface area (Å²) in [5.74, 6) is 1.59. The Bertz CT molecular complexity index is 955. The zero-order valence-corrected chi connectivity index (χ0v) is 16.3. The third-order valence-corrected chi connectivity index (χ3v) is 5.53. The number of piperidine rings is 1. The van der Waals surface area contributed by atoms with Crippen LogP contribution in [0.2, 0.25) is 0 Å². The predicted octanol–water partition coefficient (Wildman–Crippen LogP) is 3.37. The summed E-state index contributed by atoms with van der Waals surface area (Å²) < 4.78 is 4.26. The van der Waals surface area contributed by atoms with Crippen LogP contribution in [0.1, 0.15) is 55.7 Å². The lowest BCUT2D eigenvalue weighted by Gasteiger charge is -2.33. The molecule has 3 aromatic heterocycles. The van der Waals surface area contributed by atoms with Crippen molar-refractivity contribution in [2.45, 2.75) is 52.0 Å². The van der Waals surface area contributed by atoms with E-state index in [-0.39, 0.29) is 5.91 Å². The highest BCUT2D eigenvalue weighted by Crippen LogP contribution is 2.28. The first-order valence-corrected chi connectivity index (χ1v) is 9.76. The zero-order valence-electron chi connectivity index (χ0n) is 16.3. The molecular formula is C21H27N5O. The molecule has 6 nitrogen and oxygen atoms in total. The van der Waals surface area contributed by atoms with Crippen LogP contribution in [0.3, 0.4) is 0 Å². The van der Waals surface area contributed by atoms with E-state index in [1.165, 1.54) is 0 Å². The molecule has 1 saturated heterocycles. The molecule has 1 aliphatic rings. The Morgan fingerprint density at radius 1 is 1.30 bits per heavy atom. The van der Waals surface area contributed by atoms with E-state index in [0.29, 0.717) is 18.4 Å². The molecule has 6 heteroatoms. The maximum atomic E-state index is 13.0. The Morgan fingerprint density at radius 2 is 2.15 bits per heavy atom. The molecule has 0 unspecified atom stereocenters. The summed E-state index contributed by atoms with van der Waals surface area (Å²) >= 11 is 0. The maximum Gasteiger partial charge on any atom is 0.228 e. The highest BCUT2D eigenvalue weighted by molar-refractivity contribution is 5.79. The minimum Gasteiger partial charge on any atom is -0.342 e. The van der Waals surface area contributed by atoms with Gasteiger partial charge in [0.2, 0.25) is 5.91 Å². The van der Waals surface area contributed by atoms with Crippen LogP contribution in [0.4, 0.5) is 0 Å². The van der Waals surface area contributed by atoms with Crippen LogP contribution in [0.5, 0.6) is 0 Å². The molecule has 1 aliphatic heterocycles. The largest absolute Gasteiger partial charge is 0.342 e. The number of aromatic nitrogens is 4. The summed E-state index contributed by atoms with van der Waals surface area (Å²) in [5.41, 5.74) is 3.00. The molecule has 0 saturated carbocycles. The monoisotopic (exact) mass is 365 g/mol. The number of fused-ring (bicyclic) bond motifs is 1. The summed E-state index contributed by atoms with van der Waals surface area (Å²) in [7, 11) is 0. The van der Waals surface area contributed by atoms with Crippen molar-refractivity contribution in [1.82, 2.24) is 23.8 Å². The van der Waals surface area contributed by atoms with Crippen LogP contribution in [-0.2, 0) is 11.2 Å². The molecule has 3 aromatic rings. The number of aryl methyl sites for hydroxylation is 1. The van der Waals surface area contributed by atoms with Crippen molar-refractivity contribution in [2.75, 3.05) is 13.1 Å². The lowest BCUT2D eigenvalue weighted by atomic mass is 9.96. The minimum absolute atomic E-state index is 0.172. The Morgan fingerprint density at radius 3 is 2.96 bits per heavy atom. The van der Waals surface area contributed by atoms with E-state index in [1.54, 1.807) is 0 Å². The molecule has 142 valence electrons. The normalized spacial score (nSPS) is 17.8. The van der Waals surface area contributed by atoms with Gasteiger partial charge >= 0.3 is 0 Å². The second kappa shape index (κ2) is 7.18. The maximum absolute atomic E-state index is 13.0. The average molecular weight is 365 g/mol. The number of carbonyl (C=O) groups is 1. The summed E-state index contributed by atoms with van der Waals surface area (Å²) in [6, 6.07) is 4.43. The molecule has 0 radical (unpaired) electrons. The number of amides is 1. The fraction of sp³-hybridized carbons (Fsp3) is 0.476. The van der Waals surface area contributed by atoms with Gasteiger partial charge in [-0.05, 0) is 45.2 Å². The highest BCUT2D eigenvalue weighted by Gasteiger charge is 2.28. The molecule has 0 N–H and O–H groups in total. The zero-order chi connectivity index (χ0) is 19.0. The highest BCUT2D eigenvalue weighted by atomic mass is 16.2. The Balaban J connectivity index is 1.50. The smallest absolute Gasteiger partial charge is 0.228 e. The fourth-order valence-electron chi connectivity index (χ4n) is 4.09. The third-order valence-electron chi connectivity index (χ3n) is 5.53. The van der Waals surface area contributed by atoms with Gasteiger partial charge in [0.1, 0.15) is 11.5 Å². The second-order valence-electron chi connectivity index (χ2n) is 7.78. The first-order valence-electron chi connectivity index (χ1n) is 9.76. The number of rotatable bonds is 4.